The van der Waals surface area contributed by atoms with Gasteiger partial charge in [-0.05, 0) is 31.2 Å². The molecule has 18 heavy (non-hydrogen) atoms. The van der Waals surface area contributed by atoms with E-state index < -0.39 is 0 Å². The van der Waals surface area contributed by atoms with Gasteiger partial charge in [0.2, 0.25) is 0 Å². The highest BCUT2D eigenvalue weighted by Crippen LogP contribution is 2.38. The van der Waals surface area contributed by atoms with E-state index in [-0.39, 0.29) is 5.41 Å². The van der Waals surface area contributed by atoms with Gasteiger partial charge in [-0.25, -0.2) is 0 Å². The van der Waals surface area contributed by atoms with Crippen LogP contribution in [0.3, 0.4) is 0 Å². The minimum Gasteiger partial charge on any atom is -0.330 e. The van der Waals surface area contributed by atoms with Crippen LogP contribution in [-0.4, -0.2) is 12.3 Å². The Morgan fingerprint density at radius 2 is 1.72 bits per heavy atom. The number of rotatable bonds is 9. The Hall–Kier alpha value is -0.370. The van der Waals surface area contributed by atoms with Crippen LogP contribution in [-0.2, 0) is 4.79 Å². The van der Waals surface area contributed by atoms with Crippen LogP contribution in [0.15, 0.2) is 0 Å². The molecule has 2 N–H and O–H groups in total. The highest BCUT2D eigenvalue weighted by molar-refractivity contribution is 5.79. The van der Waals surface area contributed by atoms with Crippen LogP contribution in [0.2, 0.25) is 0 Å². The molecule has 0 atom stereocenters. The molecule has 0 spiro atoms. The van der Waals surface area contributed by atoms with E-state index in [9.17, 15) is 4.79 Å². The number of unbranched alkanes of at least 4 members (excludes halogenated alkanes) is 4. The highest BCUT2D eigenvalue weighted by atomic mass is 16.1. The maximum Gasteiger partial charge on any atom is 0.133 e. The Balaban J connectivity index is 2.20. The number of carbonyl (C=O) groups excluding carboxylic acids is 1. The molecule has 0 heterocycles. The van der Waals surface area contributed by atoms with Crippen molar-refractivity contribution in [1.82, 2.24) is 0 Å². The van der Waals surface area contributed by atoms with Crippen molar-refractivity contribution in [3.63, 3.8) is 0 Å². The minimum atomic E-state index is 0.165. The molecule has 106 valence electrons. The van der Waals surface area contributed by atoms with Gasteiger partial charge in [-0.15, -0.1) is 0 Å². The number of ketones is 1. The molecule has 0 radical (unpaired) electrons. The molecule has 0 aromatic carbocycles. The lowest BCUT2D eigenvalue weighted by Crippen LogP contribution is -2.35. The summed E-state index contributed by atoms with van der Waals surface area (Å²) in [4.78, 5) is 12.1. The Bertz CT molecular complexity index is 231. The fourth-order valence-electron chi connectivity index (χ4n) is 3.19. The van der Waals surface area contributed by atoms with E-state index in [2.05, 4.69) is 6.92 Å². The third-order valence-corrected chi connectivity index (χ3v) is 4.48. The van der Waals surface area contributed by atoms with E-state index in [0.29, 0.717) is 12.3 Å². The Morgan fingerprint density at radius 3 is 2.33 bits per heavy atom. The SMILES string of the molecule is CCCCCCCC(=O)CC1(CN)CCCCC1. The van der Waals surface area contributed by atoms with Gasteiger partial charge in [-0.2, -0.15) is 0 Å². The first kappa shape index (κ1) is 15.7. The molecule has 0 bridgehead atoms. The van der Waals surface area contributed by atoms with E-state index in [0.717, 1.165) is 19.3 Å². The summed E-state index contributed by atoms with van der Waals surface area (Å²) in [7, 11) is 0. The molecule has 0 aromatic heterocycles. The predicted molar refractivity (Wildman–Crippen MR) is 77.6 cm³/mol. The van der Waals surface area contributed by atoms with Gasteiger partial charge in [-0.1, -0.05) is 51.9 Å². The van der Waals surface area contributed by atoms with Gasteiger partial charge in [0.25, 0.3) is 0 Å². The molecule has 1 saturated carbocycles. The molecule has 0 aliphatic heterocycles. The molecular weight excluding hydrogens is 222 g/mol. The molecule has 1 rings (SSSR count). The zero-order valence-electron chi connectivity index (χ0n) is 12.2. The monoisotopic (exact) mass is 253 g/mol. The molecule has 0 aromatic rings. The summed E-state index contributed by atoms with van der Waals surface area (Å²) in [6, 6.07) is 0. The second kappa shape index (κ2) is 8.68. The van der Waals surface area contributed by atoms with Crippen LogP contribution < -0.4 is 5.73 Å². The lowest BCUT2D eigenvalue weighted by Gasteiger charge is -2.35. The van der Waals surface area contributed by atoms with Crippen LogP contribution >= 0.6 is 0 Å². The summed E-state index contributed by atoms with van der Waals surface area (Å²) < 4.78 is 0. The van der Waals surface area contributed by atoms with Crippen molar-refractivity contribution in [3.8, 4) is 0 Å². The van der Waals surface area contributed by atoms with Gasteiger partial charge in [0.15, 0.2) is 0 Å². The first-order valence-electron chi connectivity index (χ1n) is 7.94. The molecular formula is C16H31NO. The first-order chi connectivity index (χ1) is 8.72. The summed E-state index contributed by atoms with van der Waals surface area (Å²) >= 11 is 0. The number of carbonyl (C=O) groups is 1. The summed E-state index contributed by atoms with van der Waals surface area (Å²) in [6.45, 7) is 2.92. The average molecular weight is 253 g/mol. The maximum absolute atomic E-state index is 12.1. The number of nitrogens with two attached hydrogens (primary N) is 1. The zero-order chi connectivity index (χ0) is 13.3. The summed E-state index contributed by atoms with van der Waals surface area (Å²) in [5, 5.41) is 0. The fraction of sp³-hybridized carbons (Fsp3) is 0.938. The normalized spacial score (nSPS) is 18.8. The zero-order valence-corrected chi connectivity index (χ0v) is 12.2. The second-order valence-corrected chi connectivity index (χ2v) is 6.14. The number of hydrogen-bond acceptors (Lipinski definition) is 2. The smallest absolute Gasteiger partial charge is 0.133 e. The average Bonchev–Trinajstić information content (AvgIpc) is 2.39. The van der Waals surface area contributed by atoms with Crippen molar-refractivity contribution >= 4 is 5.78 Å². The highest BCUT2D eigenvalue weighted by Gasteiger charge is 2.32. The van der Waals surface area contributed by atoms with Crippen LogP contribution in [0.25, 0.3) is 0 Å². The van der Waals surface area contributed by atoms with Crippen molar-refractivity contribution in [3.05, 3.63) is 0 Å². The van der Waals surface area contributed by atoms with Crippen LogP contribution in [0.4, 0.5) is 0 Å². The van der Waals surface area contributed by atoms with E-state index in [1.54, 1.807) is 0 Å². The van der Waals surface area contributed by atoms with Gasteiger partial charge in [-0.3, -0.25) is 4.79 Å². The van der Waals surface area contributed by atoms with Gasteiger partial charge in [0, 0.05) is 12.8 Å². The van der Waals surface area contributed by atoms with Gasteiger partial charge in [0.05, 0.1) is 0 Å². The molecule has 2 nitrogen and oxygen atoms in total. The van der Waals surface area contributed by atoms with E-state index in [1.807, 2.05) is 0 Å². The van der Waals surface area contributed by atoms with Crippen molar-refractivity contribution in [2.24, 2.45) is 11.1 Å². The quantitative estimate of drug-likeness (QED) is 0.625. The summed E-state index contributed by atoms with van der Waals surface area (Å²) in [6.07, 6.45) is 13.9. The first-order valence-corrected chi connectivity index (χ1v) is 7.94. The standard InChI is InChI=1S/C16H31NO/c1-2-3-4-5-7-10-15(18)13-16(14-17)11-8-6-9-12-16/h2-14,17H2,1H3. The van der Waals surface area contributed by atoms with Crippen molar-refractivity contribution in [1.29, 1.82) is 0 Å². The molecule has 2 heteroatoms. The molecule has 0 amide bonds. The number of hydrogen-bond donors (Lipinski definition) is 1. The number of Topliss-reactive ketones (excluding diaryl/α,β-unsaturated/α-hetero) is 1. The Kier molecular flexibility index (Phi) is 7.57. The topological polar surface area (TPSA) is 43.1 Å². The van der Waals surface area contributed by atoms with Crippen molar-refractivity contribution in [2.45, 2.75) is 84.0 Å². The lowest BCUT2D eigenvalue weighted by molar-refractivity contribution is -0.121. The Morgan fingerprint density at radius 1 is 1.06 bits per heavy atom. The van der Waals surface area contributed by atoms with Gasteiger partial charge >= 0.3 is 0 Å². The fourth-order valence-corrected chi connectivity index (χ4v) is 3.19. The van der Waals surface area contributed by atoms with E-state index >= 15 is 0 Å². The summed E-state index contributed by atoms with van der Waals surface area (Å²) in [5.41, 5.74) is 6.09. The predicted octanol–water partition coefficient (Wildman–Crippen LogP) is 4.22. The molecule has 1 fully saturated rings. The molecule has 0 unspecified atom stereocenters. The van der Waals surface area contributed by atoms with Crippen molar-refractivity contribution in [2.75, 3.05) is 6.54 Å². The largest absolute Gasteiger partial charge is 0.330 e. The molecule has 1 aliphatic rings. The third-order valence-electron chi connectivity index (χ3n) is 4.48. The van der Waals surface area contributed by atoms with E-state index in [1.165, 1.54) is 57.8 Å². The molecule has 0 saturated heterocycles. The second-order valence-electron chi connectivity index (χ2n) is 6.14. The maximum atomic E-state index is 12.1. The minimum absolute atomic E-state index is 0.165. The Labute approximate surface area is 113 Å². The van der Waals surface area contributed by atoms with Crippen molar-refractivity contribution < 1.29 is 4.79 Å². The molecule has 1 aliphatic carbocycles. The third kappa shape index (κ3) is 5.51. The van der Waals surface area contributed by atoms with Crippen LogP contribution in [0, 0.1) is 5.41 Å². The van der Waals surface area contributed by atoms with Crippen LogP contribution in [0.1, 0.15) is 84.0 Å². The summed E-state index contributed by atoms with van der Waals surface area (Å²) in [5.74, 6) is 0.457. The van der Waals surface area contributed by atoms with E-state index in [4.69, 9.17) is 5.73 Å². The van der Waals surface area contributed by atoms with Gasteiger partial charge < -0.3 is 5.73 Å². The lowest BCUT2D eigenvalue weighted by atomic mass is 9.70. The van der Waals surface area contributed by atoms with Gasteiger partial charge in [0.1, 0.15) is 5.78 Å². The van der Waals surface area contributed by atoms with Crippen LogP contribution in [0.5, 0.6) is 0 Å².